The van der Waals surface area contributed by atoms with Crippen molar-refractivity contribution in [2.45, 2.75) is 6.92 Å². The summed E-state index contributed by atoms with van der Waals surface area (Å²) in [5.41, 5.74) is 1.78. The normalized spacial score (nSPS) is 9.85. The van der Waals surface area contributed by atoms with Gasteiger partial charge in [-0.15, -0.1) is 10.2 Å². The van der Waals surface area contributed by atoms with E-state index in [1.807, 2.05) is 50.4 Å². The summed E-state index contributed by atoms with van der Waals surface area (Å²) in [7, 11) is 1.81. The van der Waals surface area contributed by atoms with Crippen molar-refractivity contribution in [1.82, 2.24) is 10.2 Å². The Labute approximate surface area is 118 Å². The average molecular weight is 268 g/mol. The second-order valence-corrected chi connectivity index (χ2v) is 4.25. The molecule has 0 bridgehead atoms. The lowest BCUT2D eigenvalue weighted by atomic mass is 10.1. The topological polar surface area (TPSA) is 62.0 Å². The molecule has 0 N–H and O–H groups in total. The lowest BCUT2D eigenvalue weighted by molar-refractivity contribution is 0.340. The van der Waals surface area contributed by atoms with Crippen LogP contribution in [0.25, 0.3) is 11.3 Å². The number of anilines is 1. The summed E-state index contributed by atoms with van der Waals surface area (Å²) in [6.45, 7) is 2.89. The lowest BCUT2D eigenvalue weighted by Gasteiger charge is -2.13. The molecule has 1 heterocycles. The molecule has 0 atom stereocenters. The molecule has 5 nitrogen and oxygen atoms in total. The van der Waals surface area contributed by atoms with Crippen LogP contribution in [0.2, 0.25) is 0 Å². The highest BCUT2D eigenvalue weighted by Crippen LogP contribution is 2.21. The van der Waals surface area contributed by atoms with Gasteiger partial charge in [0.25, 0.3) is 0 Å². The number of hydrogen-bond acceptors (Lipinski definition) is 5. The van der Waals surface area contributed by atoms with E-state index in [9.17, 15) is 0 Å². The van der Waals surface area contributed by atoms with Gasteiger partial charge < -0.3 is 9.64 Å². The fraction of sp³-hybridized carbons (Fsp3) is 0.267. The molecule has 0 fully saturated rings. The molecule has 0 aliphatic rings. The maximum absolute atomic E-state index is 8.65. The number of rotatable bonds is 5. The van der Waals surface area contributed by atoms with E-state index in [-0.39, 0.29) is 6.54 Å². The van der Waals surface area contributed by atoms with Crippen LogP contribution in [0.4, 0.5) is 5.82 Å². The van der Waals surface area contributed by atoms with Crippen molar-refractivity contribution in [3.8, 4) is 23.1 Å². The largest absolute Gasteiger partial charge is 0.494 e. The van der Waals surface area contributed by atoms with Gasteiger partial charge >= 0.3 is 0 Å². The Balaban J connectivity index is 2.15. The smallest absolute Gasteiger partial charge is 0.151 e. The van der Waals surface area contributed by atoms with Gasteiger partial charge in [0.2, 0.25) is 0 Å². The fourth-order valence-electron chi connectivity index (χ4n) is 1.76. The van der Waals surface area contributed by atoms with E-state index in [0.29, 0.717) is 12.4 Å². The third-order valence-electron chi connectivity index (χ3n) is 2.81. The Bertz CT molecular complexity index is 587. The number of benzene rings is 1. The van der Waals surface area contributed by atoms with Crippen LogP contribution in [0.15, 0.2) is 36.4 Å². The summed E-state index contributed by atoms with van der Waals surface area (Å²) in [5, 5.41) is 17.0. The number of nitrogens with zero attached hydrogens (tertiary/aromatic N) is 4. The van der Waals surface area contributed by atoms with Crippen LogP contribution in [0.5, 0.6) is 5.75 Å². The van der Waals surface area contributed by atoms with Gasteiger partial charge in [-0.2, -0.15) is 5.26 Å². The molecule has 1 aromatic heterocycles. The third-order valence-corrected chi connectivity index (χ3v) is 2.81. The highest BCUT2D eigenvalue weighted by molar-refractivity contribution is 5.60. The fourth-order valence-corrected chi connectivity index (χ4v) is 1.76. The first kappa shape index (κ1) is 13.8. The number of nitriles is 1. The number of aromatic nitrogens is 2. The molecule has 0 radical (unpaired) electrons. The predicted molar refractivity (Wildman–Crippen MR) is 77.5 cm³/mol. The zero-order valence-electron chi connectivity index (χ0n) is 11.6. The molecule has 0 saturated carbocycles. The number of ether oxygens (including phenoxy) is 1. The zero-order chi connectivity index (χ0) is 14.4. The van der Waals surface area contributed by atoms with Crippen LogP contribution >= 0.6 is 0 Å². The van der Waals surface area contributed by atoms with E-state index in [1.54, 1.807) is 4.90 Å². The first-order valence-electron chi connectivity index (χ1n) is 6.39. The van der Waals surface area contributed by atoms with Gasteiger partial charge in [-0.05, 0) is 43.3 Å². The van der Waals surface area contributed by atoms with Gasteiger partial charge in [-0.25, -0.2) is 0 Å². The molecular weight excluding hydrogens is 252 g/mol. The summed E-state index contributed by atoms with van der Waals surface area (Å²) >= 11 is 0. The summed E-state index contributed by atoms with van der Waals surface area (Å²) in [6, 6.07) is 13.6. The van der Waals surface area contributed by atoms with Crippen LogP contribution < -0.4 is 9.64 Å². The van der Waals surface area contributed by atoms with E-state index in [4.69, 9.17) is 10.00 Å². The first-order chi connectivity index (χ1) is 9.74. The van der Waals surface area contributed by atoms with E-state index >= 15 is 0 Å². The van der Waals surface area contributed by atoms with E-state index < -0.39 is 0 Å². The summed E-state index contributed by atoms with van der Waals surface area (Å²) < 4.78 is 5.40. The van der Waals surface area contributed by atoms with Crippen molar-refractivity contribution in [2.24, 2.45) is 0 Å². The van der Waals surface area contributed by atoms with Gasteiger partial charge in [0.05, 0.1) is 18.4 Å². The van der Waals surface area contributed by atoms with Gasteiger partial charge in [0.15, 0.2) is 5.82 Å². The van der Waals surface area contributed by atoms with Crippen LogP contribution in [0.1, 0.15) is 6.92 Å². The van der Waals surface area contributed by atoms with Crippen molar-refractivity contribution in [3.05, 3.63) is 36.4 Å². The zero-order valence-corrected chi connectivity index (χ0v) is 11.6. The highest BCUT2D eigenvalue weighted by Gasteiger charge is 2.05. The minimum absolute atomic E-state index is 0.289. The molecule has 0 spiro atoms. The second-order valence-electron chi connectivity index (χ2n) is 4.25. The van der Waals surface area contributed by atoms with Crippen molar-refractivity contribution < 1.29 is 4.74 Å². The molecule has 1 aromatic carbocycles. The molecule has 5 heteroatoms. The SMILES string of the molecule is CCOc1ccc(-c2ccc(N(C)CC#N)nn2)cc1. The van der Waals surface area contributed by atoms with Crippen LogP contribution in [0, 0.1) is 11.3 Å². The molecule has 0 aliphatic carbocycles. The summed E-state index contributed by atoms with van der Waals surface area (Å²) in [4.78, 5) is 1.75. The van der Waals surface area contributed by atoms with Crippen LogP contribution in [-0.2, 0) is 0 Å². The van der Waals surface area contributed by atoms with E-state index in [1.165, 1.54) is 0 Å². The Morgan fingerprint density at radius 2 is 1.90 bits per heavy atom. The number of hydrogen-bond donors (Lipinski definition) is 0. The molecule has 102 valence electrons. The highest BCUT2D eigenvalue weighted by atomic mass is 16.5. The monoisotopic (exact) mass is 268 g/mol. The lowest BCUT2D eigenvalue weighted by Crippen LogP contribution is -2.18. The third kappa shape index (κ3) is 3.23. The van der Waals surface area contributed by atoms with Crippen molar-refractivity contribution in [2.75, 3.05) is 25.1 Å². The minimum Gasteiger partial charge on any atom is -0.494 e. The first-order valence-corrected chi connectivity index (χ1v) is 6.39. The van der Waals surface area contributed by atoms with Gasteiger partial charge in [-0.3, -0.25) is 0 Å². The van der Waals surface area contributed by atoms with E-state index in [0.717, 1.165) is 17.0 Å². The molecule has 0 amide bonds. The molecular formula is C15H16N4O. The maximum Gasteiger partial charge on any atom is 0.151 e. The molecule has 2 aromatic rings. The Hall–Kier alpha value is -2.61. The van der Waals surface area contributed by atoms with Gasteiger partial charge in [0, 0.05) is 12.6 Å². The molecule has 2 rings (SSSR count). The molecule has 0 unspecified atom stereocenters. The summed E-state index contributed by atoms with van der Waals surface area (Å²) in [6.07, 6.45) is 0. The predicted octanol–water partition coefficient (Wildman–Crippen LogP) is 2.50. The Morgan fingerprint density at radius 3 is 2.45 bits per heavy atom. The standard InChI is InChI=1S/C15H16N4O/c1-3-20-13-6-4-12(5-7-13)14-8-9-15(18-17-14)19(2)11-10-16/h4-9H,3,11H2,1-2H3. The van der Waals surface area contributed by atoms with Crippen LogP contribution in [0.3, 0.4) is 0 Å². The quantitative estimate of drug-likeness (QED) is 0.780. The molecule has 0 saturated heterocycles. The summed E-state index contributed by atoms with van der Waals surface area (Å²) in [5.74, 6) is 1.52. The van der Waals surface area contributed by atoms with Crippen molar-refractivity contribution in [1.29, 1.82) is 5.26 Å². The van der Waals surface area contributed by atoms with Crippen molar-refractivity contribution in [3.63, 3.8) is 0 Å². The average Bonchev–Trinajstić information content (AvgIpc) is 2.49. The Morgan fingerprint density at radius 1 is 1.15 bits per heavy atom. The Kier molecular flexibility index (Phi) is 4.51. The van der Waals surface area contributed by atoms with Gasteiger partial charge in [0.1, 0.15) is 12.3 Å². The molecule has 0 aliphatic heterocycles. The molecule has 20 heavy (non-hydrogen) atoms. The maximum atomic E-state index is 8.65. The van der Waals surface area contributed by atoms with Crippen LogP contribution in [-0.4, -0.2) is 30.4 Å². The second kappa shape index (κ2) is 6.53. The van der Waals surface area contributed by atoms with Gasteiger partial charge in [-0.1, -0.05) is 0 Å². The van der Waals surface area contributed by atoms with Crippen molar-refractivity contribution >= 4 is 5.82 Å². The minimum atomic E-state index is 0.289. The van der Waals surface area contributed by atoms with E-state index in [2.05, 4.69) is 16.3 Å².